The number of anilines is 1. The third-order valence-electron chi connectivity index (χ3n) is 3.40. The molecule has 1 heterocycles. The molecule has 0 bridgehead atoms. The Balaban J connectivity index is 0.00000312. The molecule has 0 saturated carbocycles. The summed E-state index contributed by atoms with van der Waals surface area (Å²) < 4.78 is 24.0. The van der Waals surface area contributed by atoms with Crippen LogP contribution in [-0.4, -0.2) is 52.4 Å². The lowest BCUT2D eigenvalue weighted by Gasteiger charge is -2.11. The molecule has 0 saturated heterocycles. The maximum atomic E-state index is 13.6. The molecule has 2 rings (SSSR count). The largest absolute Gasteiger partial charge is 0.494 e. The van der Waals surface area contributed by atoms with E-state index in [1.807, 2.05) is 0 Å². The van der Waals surface area contributed by atoms with Crippen LogP contribution in [0.5, 0.6) is 5.75 Å². The standard InChI is InChI=1S/C16H21FN4O3.ClH/c1-18-7-8-19-16(22)13-14(24-20-15(13)21(2)3)10-5-6-11(17)12(9-10)23-4;/h5-6,9,18H,7-8H2,1-4H3,(H,19,22);1H. The number of nitrogens with zero attached hydrogens (tertiary/aromatic N) is 2. The summed E-state index contributed by atoms with van der Waals surface area (Å²) in [6.45, 7) is 1.09. The van der Waals surface area contributed by atoms with Gasteiger partial charge in [0.15, 0.2) is 23.1 Å². The number of hydrogen-bond acceptors (Lipinski definition) is 6. The summed E-state index contributed by atoms with van der Waals surface area (Å²) in [4.78, 5) is 14.2. The van der Waals surface area contributed by atoms with Crippen molar-refractivity contribution in [2.45, 2.75) is 0 Å². The van der Waals surface area contributed by atoms with Gasteiger partial charge in [-0.05, 0) is 25.2 Å². The fraction of sp³-hybridized carbons (Fsp3) is 0.375. The summed E-state index contributed by atoms with van der Waals surface area (Å²) in [5.41, 5.74) is 0.803. The number of methoxy groups -OCH3 is 1. The minimum Gasteiger partial charge on any atom is -0.494 e. The first-order chi connectivity index (χ1) is 11.5. The monoisotopic (exact) mass is 372 g/mol. The van der Waals surface area contributed by atoms with Gasteiger partial charge in [-0.15, -0.1) is 12.4 Å². The number of benzene rings is 1. The van der Waals surface area contributed by atoms with E-state index in [2.05, 4.69) is 15.8 Å². The number of aromatic nitrogens is 1. The van der Waals surface area contributed by atoms with Crippen molar-refractivity contribution in [2.24, 2.45) is 0 Å². The number of likely N-dealkylation sites (N-methyl/N-ethyl adjacent to an activating group) is 1. The smallest absolute Gasteiger partial charge is 0.259 e. The molecule has 7 nitrogen and oxygen atoms in total. The molecule has 0 aliphatic carbocycles. The van der Waals surface area contributed by atoms with E-state index in [-0.39, 0.29) is 29.8 Å². The van der Waals surface area contributed by atoms with Crippen LogP contribution in [0.25, 0.3) is 11.3 Å². The number of amides is 1. The first-order valence-corrected chi connectivity index (χ1v) is 7.43. The van der Waals surface area contributed by atoms with E-state index in [4.69, 9.17) is 9.26 Å². The molecule has 9 heteroatoms. The lowest BCUT2D eigenvalue weighted by atomic mass is 10.1. The summed E-state index contributed by atoms with van der Waals surface area (Å²) in [7, 11) is 6.70. The number of rotatable bonds is 7. The molecule has 1 aromatic carbocycles. The Kier molecular flexibility index (Phi) is 7.66. The van der Waals surface area contributed by atoms with Crippen molar-refractivity contribution in [3.8, 4) is 17.1 Å². The Morgan fingerprint density at radius 2 is 2.08 bits per heavy atom. The Bertz CT molecular complexity index is 721. The van der Waals surface area contributed by atoms with Crippen molar-refractivity contribution in [2.75, 3.05) is 46.2 Å². The van der Waals surface area contributed by atoms with Crippen LogP contribution in [0.3, 0.4) is 0 Å². The van der Waals surface area contributed by atoms with E-state index in [1.54, 1.807) is 26.0 Å². The summed E-state index contributed by atoms with van der Waals surface area (Å²) in [5.74, 6) is -0.0758. The van der Waals surface area contributed by atoms with Crippen LogP contribution >= 0.6 is 12.4 Å². The highest BCUT2D eigenvalue weighted by Gasteiger charge is 2.25. The zero-order chi connectivity index (χ0) is 17.7. The van der Waals surface area contributed by atoms with Crippen molar-refractivity contribution >= 4 is 24.1 Å². The van der Waals surface area contributed by atoms with Gasteiger partial charge in [-0.2, -0.15) is 0 Å². The van der Waals surface area contributed by atoms with E-state index >= 15 is 0 Å². The maximum absolute atomic E-state index is 13.6. The minimum absolute atomic E-state index is 0. The normalized spacial score (nSPS) is 10.1. The SMILES string of the molecule is CNCCNC(=O)c1c(N(C)C)noc1-c1ccc(F)c(OC)c1.Cl. The van der Waals surface area contributed by atoms with Crippen LogP contribution in [-0.2, 0) is 0 Å². The molecule has 0 unspecified atom stereocenters. The lowest BCUT2D eigenvalue weighted by Crippen LogP contribution is -2.31. The molecule has 0 fully saturated rings. The second-order valence-electron chi connectivity index (χ2n) is 5.31. The Morgan fingerprint density at radius 1 is 1.36 bits per heavy atom. The second-order valence-corrected chi connectivity index (χ2v) is 5.31. The molecule has 2 N–H and O–H groups in total. The molecule has 2 aromatic rings. The topological polar surface area (TPSA) is 79.6 Å². The van der Waals surface area contributed by atoms with E-state index in [1.165, 1.54) is 25.3 Å². The van der Waals surface area contributed by atoms with Gasteiger partial charge in [0.2, 0.25) is 0 Å². The lowest BCUT2D eigenvalue weighted by molar-refractivity contribution is 0.0955. The average Bonchev–Trinajstić information content (AvgIpc) is 3.00. The quantitative estimate of drug-likeness (QED) is 0.723. The zero-order valence-electron chi connectivity index (χ0n) is 14.6. The summed E-state index contributed by atoms with van der Waals surface area (Å²) in [6.07, 6.45) is 0. The summed E-state index contributed by atoms with van der Waals surface area (Å²) >= 11 is 0. The highest BCUT2D eigenvalue weighted by molar-refractivity contribution is 6.04. The average molecular weight is 373 g/mol. The Morgan fingerprint density at radius 3 is 2.68 bits per heavy atom. The molecule has 25 heavy (non-hydrogen) atoms. The van der Waals surface area contributed by atoms with Crippen molar-refractivity contribution in [1.29, 1.82) is 0 Å². The maximum Gasteiger partial charge on any atom is 0.259 e. The zero-order valence-corrected chi connectivity index (χ0v) is 15.4. The molecular formula is C16H22ClFN4O3. The third kappa shape index (κ3) is 4.61. The fourth-order valence-corrected chi connectivity index (χ4v) is 2.18. The summed E-state index contributed by atoms with van der Waals surface area (Å²) in [5, 5.41) is 9.71. The predicted octanol–water partition coefficient (Wildman–Crippen LogP) is 1.93. The summed E-state index contributed by atoms with van der Waals surface area (Å²) in [6, 6.07) is 4.25. The van der Waals surface area contributed by atoms with Gasteiger partial charge in [0.1, 0.15) is 5.56 Å². The molecule has 1 aromatic heterocycles. The number of carbonyl (C=O) groups is 1. The molecule has 0 radical (unpaired) electrons. The third-order valence-corrected chi connectivity index (χ3v) is 3.40. The van der Waals surface area contributed by atoms with Crippen molar-refractivity contribution < 1.29 is 18.4 Å². The molecule has 0 aliphatic rings. The highest BCUT2D eigenvalue weighted by Crippen LogP contribution is 2.33. The Hall–Kier alpha value is -2.32. The van der Waals surface area contributed by atoms with E-state index in [9.17, 15) is 9.18 Å². The van der Waals surface area contributed by atoms with Crippen molar-refractivity contribution in [3.05, 3.63) is 29.6 Å². The van der Waals surface area contributed by atoms with E-state index in [0.717, 1.165) is 0 Å². The van der Waals surface area contributed by atoms with Gasteiger partial charge in [-0.25, -0.2) is 4.39 Å². The van der Waals surface area contributed by atoms with Gasteiger partial charge >= 0.3 is 0 Å². The van der Waals surface area contributed by atoms with Crippen LogP contribution in [0.15, 0.2) is 22.7 Å². The number of hydrogen-bond donors (Lipinski definition) is 2. The molecule has 0 spiro atoms. The van der Waals surface area contributed by atoms with E-state index in [0.29, 0.717) is 30.0 Å². The molecule has 138 valence electrons. The van der Waals surface area contributed by atoms with Crippen LogP contribution in [0, 0.1) is 5.82 Å². The van der Waals surface area contributed by atoms with E-state index < -0.39 is 5.82 Å². The van der Waals surface area contributed by atoms with Gasteiger partial charge in [0.25, 0.3) is 5.91 Å². The van der Waals surface area contributed by atoms with Crippen molar-refractivity contribution in [3.63, 3.8) is 0 Å². The second kappa shape index (κ2) is 9.24. The van der Waals surface area contributed by atoms with Gasteiger partial charge in [-0.3, -0.25) is 4.79 Å². The Labute approximate surface area is 151 Å². The first-order valence-electron chi connectivity index (χ1n) is 7.43. The minimum atomic E-state index is -0.492. The van der Waals surface area contributed by atoms with Crippen molar-refractivity contribution in [1.82, 2.24) is 15.8 Å². The number of carbonyl (C=O) groups excluding carboxylic acids is 1. The fourth-order valence-electron chi connectivity index (χ4n) is 2.18. The molecule has 0 aliphatic heterocycles. The van der Waals surface area contributed by atoms with Crippen LogP contribution in [0.4, 0.5) is 10.2 Å². The van der Waals surface area contributed by atoms with Crippen LogP contribution in [0.1, 0.15) is 10.4 Å². The van der Waals surface area contributed by atoms with Gasteiger partial charge in [-0.1, -0.05) is 5.16 Å². The molecule has 1 amide bonds. The van der Waals surface area contributed by atoms with Gasteiger partial charge in [0, 0.05) is 32.7 Å². The molecular weight excluding hydrogens is 351 g/mol. The van der Waals surface area contributed by atoms with Crippen LogP contribution < -0.4 is 20.3 Å². The molecule has 0 atom stereocenters. The highest BCUT2D eigenvalue weighted by atomic mass is 35.5. The van der Waals surface area contributed by atoms with Crippen LogP contribution in [0.2, 0.25) is 0 Å². The number of nitrogens with one attached hydrogen (secondary N) is 2. The predicted molar refractivity (Wildman–Crippen MR) is 96.3 cm³/mol. The van der Waals surface area contributed by atoms with Gasteiger partial charge < -0.3 is 24.8 Å². The number of halogens is 2. The van der Waals surface area contributed by atoms with Gasteiger partial charge in [0.05, 0.1) is 7.11 Å². The first kappa shape index (κ1) is 20.7. The number of ether oxygens (including phenoxy) is 1.